The van der Waals surface area contributed by atoms with Crippen LogP contribution < -0.4 is 27.2 Å². The summed E-state index contributed by atoms with van der Waals surface area (Å²) in [5, 5.41) is 2.76. The van der Waals surface area contributed by atoms with Gasteiger partial charge in [0, 0.05) is 17.2 Å². The summed E-state index contributed by atoms with van der Waals surface area (Å²) < 4.78 is 0.855. The number of amides is 1. The Bertz CT molecular complexity index is 347. The molecule has 1 aliphatic heterocycles. The highest BCUT2D eigenvalue weighted by atomic mass is 79.9. The largest absolute Gasteiger partial charge is 0.356 e. The van der Waals surface area contributed by atoms with Crippen LogP contribution in [0.25, 0.3) is 0 Å². The lowest BCUT2D eigenvalue weighted by atomic mass is 10.4. The standard InChI is InChI=1S/C7H11BrN6O/c8-4-1-5(9-2-4)7(15)10-3-6-11-13-14-12-6/h1-2,6,9,11-14H,3H2,(H,10,15). The SMILES string of the molecule is O=C(NCC1NNNN1)c1cc(Br)c[nH]1. The van der Waals surface area contributed by atoms with Crippen molar-refractivity contribution < 1.29 is 4.79 Å². The summed E-state index contributed by atoms with van der Waals surface area (Å²) in [6.07, 6.45) is 1.68. The minimum absolute atomic E-state index is 0.0349. The minimum atomic E-state index is -0.142. The summed E-state index contributed by atoms with van der Waals surface area (Å²) in [6, 6.07) is 1.72. The predicted molar refractivity (Wildman–Crippen MR) is 57.2 cm³/mol. The van der Waals surface area contributed by atoms with Crippen LogP contribution in [0.4, 0.5) is 0 Å². The Hall–Kier alpha value is -0.930. The van der Waals surface area contributed by atoms with Gasteiger partial charge in [-0.2, -0.15) is 11.1 Å². The van der Waals surface area contributed by atoms with Crippen molar-refractivity contribution in [3.63, 3.8) is 0 Å². The Morgan fingerprint density at radius 2 is 2.20 bits per heavy atom. The van der Waals surface area contributed by atoms with E-state index in [1.54, 1.807) is 12.3 Å². The lowest BCUT2D eigenvalue weighted by Crippen LogP contribution is -2.44. The maximum atomic E-state index is 11.6. The molecule has 0 spiro atoms. The van der Waals surface area contributed by atoms with Gasteiger partial charge in [0.15, 0.2) is 0 Å². The summed E-state index contributed by atoms with van der Waals surface area (Å²) >= 11 is 3.26. The number of halogens is 1. The minimum Gasteiger partial charge on any atom is -0.356 e. The lowest BCUT2D eigenvalue weighted by molar-refractivity contribution is 0.0944. The molecule has 1 aliphatic rings. The Labute approximate surface area is 94.4 Å². The number of H-pyrrole nitrogens is 1. The van der Waals surface area contributed by atoms with Gasteiger partial charge in [-0.25, -0.2) is 10.9 Å². The molecular weight excluding hydrogens is 264 g/mol. The topological polar surface area (TPSA) is 93.0 Å². The molecule has 1 saturated heterocycles. The Balaban J connectivity index is 1.81. The number of aromatic amines is 1. The smallest absolute Gasteiger partial charge is 0.267 e. The molecule has 1 aromatic rings. The predicted octanol–water partition coefficient (Wildman–Crippen LogP) is -1.05. The molecular formula is C7H11BrN6O. The average molecular weight is 275 g/mol. The molecule has 0 atom stereocenters. The normalized spacial score (nSPS) is 16.9. The second-order valence-electron chi connectivity index (χ2n) is 3.03. The average Bonchev–Trinajstić information content (AvgIpc) is 2.84. The van der Waals surface area contributed by atoms with Gasteiger partial charge in [0.1, 0.15) is 11.9 Å². The molecule has 15 heavy (non-hydrogen) atoms. The zero-order valence-corrected chi connectivity index (χ0v) is 9.31. The van der Waals surface area contributed by atoms with Crippen molar-refractivity contribution in [2.45, 2.75) is 6.17 Å². The number of aromatic nitrogens is 1. The van der Waals surface area contributed by atoms with Crippen LogP contribution in [0, 0.1) is 0 Å². The number of rotatable bonds is 3. The lowest BCUT2D eigenvalue weighted by Gasteiger charge is -2.09. The van der Waals surface area contributed by atoms with Gasteiger partial charge in [-0.15, -0.1) is 0 Å². The first-order chi connectivity index (χ1) is 7.25. The fourth-order valence-electron chi connectivity index (χ4n) is 1.17. The molecule has 2 rings (SSSR count). The van der Waals surface area contributed by atoms with Crippen LogP contribution in [0.5, 0.6) is 0 Å². The number of hydrazine groups is 3. The van der Waals surface area contributed by atoms with Gasteiger partial charge in [-0.05, 0) is 22.0 Å². The molecule has 0 aromatic carbocycles. The van der Waals surface area contributed by atoms with E-state index in [0.717, 1.165) is 4.47 Å². The van der Waals surface area contributed by atoms with Crippen LogP contribution in [0.3, 0.4) is 0 Å². The second kappa shape index (κ2) is 4.73. The summed E-state index contributed by atoms with van der Waals surface area (Å²) in [7, 11) is 0. The Kier molecular flexibility index (Phi) is 3.34. The van der Waals surface area contributed by atoms with Gasteiger partial charge in [-0.3, -0.25) is 4.79 Å². The van der Waals surface area contributed by atoms with Crippen LogP contribution in [-0.2, 0) is 0 Å². The molecule has 7 nitrogen and oxygen atoms in total. The van der Waals surface area contributed by atoms with Crippen LogP contribution in [-0.4, -0.2) is 23.6 Å². The molecule has 2 heterocycles. The highest BCUT2D eigenvalue weighted by Gasteiger charge is 2.14. The van der Waals surface area contributed by atoms with Crippen LogP contribution >= 0.6 is 15.9 Å². The first kappa shape index (κ1) is 10.6. The van der Waals surface area contributed by atoms with E-state index in [1.807, 2.05) is 0 Å². The van der Waals surface area contributed by atoms with E-state index < -0.39 is 0 Å². The highest BCUT2D eigenvalue weighted by Crippen LogP contribution is 2.10. The van der Waals surface area contributed by atoms with Crippen molar-refractivity contribution >= 4 is 21.8 Å². The van der Waals surface area contributed by atoms with Crippen molar-refractivity contribution in [1.82, 2.24) is 32.2 Å². The fraction of sp³-hybridized carbons (Fsp3) is 0.286. The number of carbonyl (C=O) groups excluding carboxylic acids is 1. The van der Waals surface area contributed by atoms with Crippen LogP contribution in [0.1, 0.15) is 10.5 Å². The molecule has 6 N–H and O–H groups in total. The first-order valence-electron chi connectivity index (χ1n) is 4.39. The van der Waals surface area contributed by atoms with Gasteiger partial charge < -0.3 is 10.3 Å². The summed E-state index contributed by atoms with van der Waals surface area (Å²) in [5.74, 6) is -0.142. The van der Waals surface area contributed by atoms with Crippen molar-refractivity contribution in [2.75, 3.05) is 6.54 Å². The quantitative estimate of drug-likeness (QED) is 0.423. The van der Waals surface area contributed by atoms with Gasteiger partial charge >= 0.3 is 0 Å². The van der Waals surface area contributed by atoms with E-state index in [-0.39, 0.29) is 12.1 Å². The van der Waals surface area contributed by atoms with E-state index in [4.69, 9.17) is 0 Å². The molecule has 0 unspecified atom stereocenters. The van der Waals surface area contributed by atoms with E-state index in [0.29, 0.717) is 12.2 Å². The molecule has 1 aromatic heterocycles. The van der Waals surface area contributed by atoms with Gasteiger partial charge in [-0.1, -0.05) is 0 Å². The number of nitrogens with one attached hydrogen (secondary N) is 6. The first-order valence-corrected chi connectivity index (χ1v) is 5.18. The molecule has 8 heteroatoms. The third-order valence-electron chi connectivity index (χ3n) is 1.91. The fourth-order valence-corrected chi connectivity index (χ4v) is 1.52. The third kappa shape index (κ3) is 2.76. The van der Waals surface area contributed by atoms with E-state index in [9.17, 15) is 4.79 Å². The molecule has 1 amide bonds. The summed E-state index contributed by atoms with van der Waals surface area (Å²) in [6.45, 7) is 0.468. The van der Waals surface area contributed by atoms with Crippen molar-refractivity contribution in [3.05, 3.63) is 22.4 Å². The Morgan fingerprint density at radius 1 is 1.47 bits per heavy atom. The maximum Gasteiger partial charge on any atom is 0.267 e. The zero-order chi connectivity index (χ0) is 10.7. The van der Waals surface area contributed by atoms with Crippen molar-refractivity contribution in [1.29, 1.82) is 0 Å². The molecule has 0 bridgehead atoms. The summed E-state index contributed by atoms with van der Waals surface area (Å²) in [5.41, 5.74) is 11.6. The van der Waals surface area contributed by atoms with Crippen molar-refractivity contribution in [3.8, 4) is 0 Å². The molecule has 82 valence electrons. The van der Waals surface area contributed by atoms with Crippen LogP contribution in [0.2, 0.25) is 0 Å². The summed E-state index contributed by atoms with van der Waals surface area (Å²) in [4.78, 5) is 14.4. The second-order valence-corrected chi connectivity index (χ2v) is 3.95. The molecule has 1 fully saturated rings. The molecule has 0 aliphatic carbocycles. The maximum absolute atomic E-state index is 11.6. The third-order valence-corrected chi connectivity index (χ3v) is 2.37. The number of hydrogen-bond acceptors (Lipinski definition) is 5. The Morgan fingerprint density at radius 3 is 2.80 bits per heavy atom. The monoisotopic (exact) mass is 274 g/mol. The van der Waals surface area contributed by atoms with Crippen molar-refractivity contribution in [2.24, 2.45) is 0 Å². The molecule has 0 saturated carbocycles. The number of hydrogen-bond donors (Lipinski definition) is 6. The zero-order valence-electron chi connectivity index (χ0n) is 7.73. The van der Waals surface area contributed by atoms with E-state index >= 15 is 0 Å². The van der Waals surface area contributed by atoms with Gasteiger partial charge in [0.05, 0.1) is 0 Å². The molecule has 0 radical (unpaired) electrons. The van der Waals surface area contributed by atoms with E-state index in [2.05, 4.69) is 48.2 Å². The number of carbonyl (C=O) groups is 1. The van der Waals surface area contributed by atoms with Gasteiger partial charge in [0.2, 0.25) is 0 Å². The van der Waals surface area contributed by atoms with Crippen LogP contribution in [0.15, 0.2) is 16.7 Å². The van der Waals surface area contributed by atoms with Gasteiger partial charge in [0.25, 0.3) is 5.91 Å². The highest BCUT2D eigenvalue weighted by molar-refractivity contribution is 9.10. The van der Waals surface area contributed by atoms with E-state index in [1.165, 1.54) is 0 Å².